The van der Waals surface area contributed by atoms with Crippen LogP contribution in [0.5, 0.6) is 0 Å². The molecule has 10 heteroatoms. The Bertz CT molecular complexity index is 1460. The van der Waals surface area contributed by atoms with Gasteiger partial charge in [-0.25, -0.2) is 8.42 Å². The lowest BCUT2D eigenvalue weighted by Gasteiger charge is -2.32. The fourth-order valence-electron chi connectivity index (χ4n) is 4.11. The highest BCUT2D eigenvalue weighted by molar-refractivity contribution is 7.92. The molecule has 0 aliphatic heterocycles. The van der Waals surface area contributed by atoms with Crippen molar-refractivity contribution in [2.45, 2.75) is 52.1 Å². The highest BCUT2D eigenvalue weighted by Crippen LogP contribution is 2.29. The standard InChI is InChI=1S/C30H35Cl2N3O4S/c1-20(2)17-33-30(37)23(5)34(18-24-14-15-26(31)27(32)16-24)29(36)19-35(28-13-9-10-21(3)22(28)4)40(38,39)25-11-7-6-8-12-25/h6-16,20,23H,17-19H2,1-5H3,(H,33,37)/t23-/m1/s1. The molecule has 0 saturated carbocycles. The van der Waals surface area contributed by atoms with Crippen molar-refractivity contribution in [3.8, 4) is 0 Å². The number of hydrogen-bond acceptors (Lipinski definition) is 4. The number of carbonyl (C=O) groups excluding carboxylic acids is 2. The van der Waals surface area contributed by atoms with E-state index in [1.807, 2.05) is 33.8 Å². The SMILES string of the molecule is Cc1cccc(N(CC(=O)N(Cc2ccc(Cl)c(Cl)c2)[C@H](C)C(=O)NCC(C)C)S(=O)(=O)c2ccccc2)c1C. The van der Waals surface area contributed by atoms with Gasteiger partial charge < -0.3 is 10.2 Å². The van der Waals surface area contributed by atoms with Crippen LogP contribution in [-0.2, 0) is 26.2 Å². The monoisotopic (exact) mass is 603 g/mol. The molecule has 0 fully saturated rings. The van der Waals surface area contributed by atoms with Crippen LogP contribution in [0.2, 0.25) is 10.0 Å². The second kappa shape index (κ2) is 13.5. The Balaban J connectivity index is 2.06. The van der Waals surface area contributed by atoms with E-state index in [0.29, 0.717) is 27.8 Å². The van der Waals surface area contributed by atoms with Gasteiger partial charge in [0.15, 0.2) is 0 Å². The molecule has 3 aromatic carbocycles. The molecule has 0 unspecified atom stereocenters. The molecule has 0 aromatic heterocycles. The average molecular weight is 605 g/mol. The number of carbonyl (C=O) groups is 2. The molecule has 40 heavy (non-hydrogen) atoms. The van der Waals surface area contributed by atoms with Crippen LogP contribution >= 0.6 is 23.2 Å². The summed E-state index contributed by atoms with van der Waals surface area (Å²) in [6, 6.07) is 17.4. The van der Waals surface area contributed by atoms with E-state index in [4.69, 9.17) is 23.2 Å². The number of aryl methyl sites for hydroxylation is 1. The lowest BCUT2D eigenvalue weighted by Crippen LogP contribution is -2.51. The summed E-state index contributed by atoms with van der Waals surface area (Å²) < 4.78 is 29.0. The smallest absolute Gasteiger partial charge is 0.264 e. The van der Waals surface area contributed by atoms with E-state index in [-0.39, 0.29) is 23.3 Å². The average Bonchev–Trinajstić information content (AvgIpc) is 2.92. The first-order chi connectivity index (χ1) is 18.8. The highest BCUT2D eigenvalue weighted by Gasteiger charge is 2.33. The fraction of sp³-hybridized carbons (Fsp3) is 0.333. The van der Waals surface area contributed by atoms with Gasteiger partial charge in [-0.3, -0.25) is 13.9 Å². The van der Waals surface area contributed by atoms with Crippen molar-refractivity contribution in [2.75, 3.05) is 17.4 Å². The summed E-state index contributed by atoms with van der Waals surface area (Å²) in [5, 5.41) is 3.54. The molecule has 1 atom stereocenters. The number of amides is 2. The molecule has 0 radical (unpaired) electrons. The van der Waals surface area contributed by atoms with Crippen LogP contribution in [0.3, 0.4) is 0 Å². The minimum atomic E-state index is -4.13. The van der Waals surface area contributed by atoms with Crippen molar-refractivity contribution in [1.82, 2.24) is 10.2 Å². The van der Waals surface area contributed by atoms with Crippen molar-refractivity contribution in [3.63, 3.8) is 0 Å². The van der Waals surface area contributed by atoms with Crippen molar-refractivity contribution in [3.05, 3.63) is 93.5 Å². The maximum atomic E-state index is 14.0. The minimum absolute atomic E-state index is 0.0258. The third kappa shape index (κ3) is 7.56. The zero-order valence-corrected chi connectivity index (χ0v) is 25.6. The van der Waals surface area contributed by atoms with Gasteiger partial charge in [-0.15, -0.1) is 0 Å². The molecular weight excluding hydrogens is 569 g/mol. The van der Waals surface area contributed by atoms with Gasteiger partial charge in [0.25, 0.3) is 10.0 Å². The summed E-state index contributed by atoms with van der Waals surface area (Å²) in [5.41, 5.74) is 2.65. The van der Waals surface area contributed by atoms with Gasteiger partial charge in [0, 0.05) is 13.1 Å². The fourth-order valence-corrected chi connectivity index (χ4v) is 5.92. The maximum Gasteiger partial charge on any atom is 0.264 e. The number of anilines is 1. The lowest BCUT2D eigenvalue weighted by atomic mass is 10.1. The molecule has 0 heterocycles. The van der Waals surface area contributed by atoms with E-state index in [2.05, 4.69) is 5.32 Å². The second-order valence-corrected chi connectivity index (χ2v) is 12.8. The topological polar surface area (TPSA) is 86.8 Å². The molecule has 3 aromatic rings. The van der Waals surface area contributed by atoms with E-state index < -0.39 is 28.5 Å². The van der Waals surface area contributed by atoms with Gasteiger partial charge in [-0.2, -0.15) is 0 Å². The summed E-state index contributed by atoms with van der Waals surface area (Å²) in [5.74, 6) is -0.670. The van der Waals surface area contributed by atoms with E-state index in [1.165, 1.54) is 17.0 Å². The van der Waals surface area contributed by atoms with Crippen molar-refractivity contribution in [2.24, 2.45) is 5.92 Å². The number of halogens is 2. The highest BCUT2D eigenvalue weighted by atomic mass is 35.5. The molecule has 3 rings (SSSR count). The number of nitrogens with zero attached hydrogens (tertiary/aromatic N) is 2. The predicted molar refractivity (Wildman–Crippen MR) is 161 cm³/mol. The van der Waals surface area contributed by atoms with Crippen molar-refractivity contribution < 1.29 is 18.0 Å². The number of hydrogen-bond donors (Lipinski definition) is 1. The van der Waals surface area contributed by atoms with Crippen molar-refractivity contribution >= 4 is 50.7 Å². The molecule has 7 nitrogen and oxygen atoms in total. The molecule has 214 valence electrons. The van der Waals surface area contributed by atoms with E-state index in [1.54, 1.807) is 55.5 Å². The Kier molecular flexibility index (Phi) is 10.6. The van der Waals surface area contributed by atoms with Crippen LogP contribution < -0.4 is 9.62 Å². The zero-order chi connectivity index (χ0) is 29.6. The van der Waals surface area contributed by atoms with Crippen molar-refractivity contribution in [1.29, 1.82) is 0 Å². The third-order valence-corrected chi connectivity index (χ3v) is 9.16. The van der Waals surface area contributed by atoms with E-state index in [9.17, 15) is 18.0 Å². The quantitative estimate of drug-likeness (QED) is 0.291. The molecule has 1 N–H and O–H groups in total. The van der Waals surface area contributed by atoms with E-state index >= 15 is 0 Å². The van der Waals surface area contributed by atoms with Crippen LogP contribution in [0.1, 0.15) is 37.5 Å². The first kappa shape index (κ1) is 31.5. The van der Waals surface area contributed by atoms with Crippen LogP contribution in [0.4, 0.5) is 5.69 Å². The van der Waals surface area contributed by atoms with Gasteiger partial charge in [0.2, 0.25) is 11.8 Å². The summed E-state index contributed by atoms with van der Waals surface area (Å²) in [6.07, 6.45) is 0. The second-order valence-electron chi connectivity index (χ2n) is 10.1. The van der Waals surface area contributed by atoms with E-state index in [0.717, 1.165) is 15.4 Å². The van der Waals surface area contributed by atoms with Crippen LogP contribution in [0, 0.1) is 19.8 Å². The van der Waals surface area contributed by atoms with Gasteiger partial charge in [-0.1, -0.05) is 73.4 Å². The zero-order valence-electron chi connectivity index (χ0n) is 23.3. The third-order valence-electron chi connectivity index (χ3n) is 6.64. The van der Waals surface area contributed by atoms with Crippen LogP contribution in [0.25, 0.3) is 0 Å². The molecule has 0 spiro atoms. The Morgan fingerprint density at radius 1 is 0.900 bits per heavy atom. The Morgan fingerprint density at radius 3 is 2.20 bits per heavy atom. The number of sulfonamides is 1. The first-order valence-electron chi connectivity index (χ1n) is 13.0. The number of nitrogens with one attached hydrogen (secondary N) is 1. The van der Waals surface area contributed by atoms with Gasteiger partial charge in [0.1, 0.15) is 12.6 Å². The molecule has 0 saturated heterocycles. The Labute approximate surface area is 247 Å². The normalized spacial score (nSPS) is 12.2. The minimum Gasteiger partial charge on any atom is -0.354 e. The molecule has 0 aliphatic rings. The maximum absolute atomic E-state index is 14.0. The number of benzene rings is 3. The first-order valence-corrected chi connectivity index (χ1v) is 15.2. The van der Waals surface area contributed by atoms with Gasteiger partial charge in [0.05, 0.1) is 20.6 Å². The summed E-state index contributed by atoms with van der Waals surface area (Å²) in [4.78, 5) is 28.5. The largest absolute Gasteiger partial charge is 0.354 e. The predicted octanol–water partition coefficient (Wildman–Crippen LogP) is 6.00. The summed E-state index contributed by atoms with van der Waals surface area (Å²) in [7, 11) is -4.13. The summed E-state index contributed by atoms with van der Waals surface area (Å²) in [6.45, 7) is 9.22. The molecule has 0 bridgehead atoms. The Morgan fingerprint density at radius 2 is 1.57 bits per heavy atom. The Hall–Kier alpha value is -3.07. The van der Waals surface area contributed by atoms with Gasteiger partial charge >= 0.3 is 0 Å². The summed E-state index contributed by atoms with van der Waals surface area (Å²) >= 11 is 12.3. The molecule has 0 aliphatic carbocycles. The van der Waals surface area contributed by atoms with Crippen LogP contribution in [-0.4, -0.2) is 44.3 Å². The van der Waals surface area contributed by atoms with Gasteiger partial charge in [-0.05, 0) is 73.7 Å². The number of rotatable bonds is 11. The molecule has 2 amide bonds. The lowest BCUT2D eigenvalue weighted by molar-refractivity contribution is -0.139. The van der Waals surface area contributed by atoms with Crippen LogP contribution in [0.15, 0.2) is 71.6 Å². The molecular formula is C30H35Cl2N3O4S.